The van der Waals surface area contributed by atoms with Gasteiger partial charge in [0.1, 0.15) is 5.78 Å². The molecule has 116 valence electrons. The number of ketones is 1. The number of rotatable bonds is 3. The largest absolute Gasteiger partial charge is 0.416 e. The fourth-order valence-electron chi connectivity index (χ4n) is 3.10. The zero-order valence-electron chi connectivity index (χ0n) is 12.3. The molecule has 21 heavy (non-hydrogen) atoms. The Morgan fingerprint density at radius 3 is 2.24 bits per heavy atom. The van der Waals surface area contributed by atoms with E-state index in [1.54, 1.807) is 0 Å². The first-order valence-corrected chi connectivity index (χ1v) is 7.17. The van der Waals surface area contributed by atoms with Crippen LogP contribution in [0.4, 0.5) is 13.2 Å². The molecule has 0 bridgehead atoms. The summed E-state index contributed by atoms with van der Waals surface area (Å²) in [4.78, 5) is 14.1. The highest BCUT2D eigenvalue weighted by atomic mass is 19.4. The van der Waals surface area contributed by atoms with Crippen molar-refractivity contribution in [1.29, 1.82) is 0 Å². The maximum absolute atomic E-state index is 12.6. The molecule has 5 heteroatoms. The van der Waals surface area contributed by atoms with Crippen molar-refractivity contribution >= 4 is 5.78 Å². The minimum Gasteiger partial charge on any atom is -0.302 e. The Hall–Kier alpha value is -1.36. The topological polar surface area (TPSA) is 20.3 Å². The van der Waals surface area contributed by atoms with Gasteiger partial charge in [0.15, 0.2) is 0 Å². The van der Waals surface area contributed by atoms with Crippen LogP contribution in [0.25, 0.3) is 0 Å². The molecular weight excluding hydrogens is 279 g/mol. The van der Waals surface area contributed by atoms with Gasteiger partial charge in [0.2, 0.25) is 0 Å². The Morgan fingerprint density at radius 2 is 1.76 bits per heavy atom. The molecule has 1 fully saturated rings. The van der Waals surface area contributed by atoms with Gasteiger partial charge in [-0.25, -0.2) is 0 Å². The van der Waals surface area contributed by atoms with Gasteiger partial charge in [-0.05, 0) is 44.6 Å². The molecule has 1 aliphatic carbocycles. The molecule has 2 unspecified atom stereocenters. The number of alkyl halides is 3. The molecule has 0 heterocycles. The van der Waals surface area contributed by atoms with Crippen molar-refractivity contribution in [2.45, 2.75) is 37.9 Å². The van der Waals surface area contributed by atoms with Crippen LogP contribution in [0, 0.1) is 5.92 Å². The average molecular weight is 299 g/mol. The number of nitrogens with zero attached hydrogens (tertiary/aromatic N) is 1. The third-order valence-corrected chi connectivity index (χ3v) is 4.12. The van der Waals surface area contributed by atoms with Crippen molar-refractivity contribution in [2.24, 2.45) is 5.92 Å². The number of carbonyl (C=O) groups excluding carboxylic acids is 1. The molecule has 0 amide bonds. The third kappa shape index (κ3) is 3.64. The van der Waals surface area contributed by atoms with Crippen LogP contribution in [0.2, 0.25) is 0 Å². The molecule has 0 aromatic heterocycles. The predicted octanol–water partition coefficient (Wildman–Crippen LogP) is 4.07. The number of Topliss-reactive ketones (excluding diaryl/α,β-unsaturated/α-hetero) is 1. The highest BCUT2D eigenvalue weighted by molar-refractivity contribution is 5.82. The van der Waals surface area contributed by atoms with Crippen LogP contribution in [-0.4, -0.2) is 24.8 Å². The van der Waals surface area contributed by atoms with E-state index in [1.165, 1.54) is 12.1 Å². The van der Waals surface area contributed by atoms with Crippen molar-refractivity contribution in [2.75, 3.05) is 14.1 Å². The molecule has 0 radical (unpaired) electrons. The standard InChI is InChI=1S/C16H20F3NO/c1-20(2)15(13-5-3-4-6-14(13)21)11-7-9-12(10-8-11)16(17,18)19/h7-10,13,15H,3-6H2,1-2H3. The maximum Gasteiger partial charge on any atom is 0.416 e. The first-order valence-electron chi connectivity index (χ1n) is 7.17. The molecule has 2 rings (SSSR count). The van der Waals surface area contributed by atoms with Gasteiger partial charge in [-0.3, -0.25) is 4.79 Å². The summed E-state index contributed by atoms with van der Waals surface area (Å²) in [5.74, 6) is 0.102. The van der Waals surface area contributed by atoms with E-state index >= 15 is 0 Å². The Morgan fingerprint density at radius 1 is 1.14 bits per heavy atom. The molecule has 1 aromatic carbocycles. The van der Waals surface area contributed by atoms with Crippen LogP contribution >= 0.6 is 0 Å². The van der Waals surface area contributed by atoms with Crippen molar-refractivity contribution in [3.63, 3.8) is 0 Å². The van der Waals surface area contributed by atoms with Crippen LogP contribution in [-0.2, 0) is 11.0 Å². The summed E-state index contributed by atoms with van der Waals surface area (Å²) in [5, 5.41) is 0. The van der Waals surface area contributed by atoms with Gasteiger partial charge in [-0.15, -0.1) is 0 Å². The number of halogens is 3. The monoisotopic (exact) mass is 299 g/mol. The molecule has 1 aromatic rings. The van der Waals surface area contributed by atoms with Gasteiger partial charge < -0.3 is 4.90 Å². The van der Waals surface area contributed by atoms with E-state index in [0.29, 0.717) is 6.42 Å². The molecule has 2 nitrogen and oxygen atoms in total. The Bertz CT molecular complexity index is 493. The van der Waals surface area contributed by atoms with Gasteiger partial charge >= 0.3 is 6.18 Å². The van der Waals surface area contributed by atoms with E-state index in [4.69, 9.17) is 0 Å². The summed E-state index contributed by atoms with van der Waals surface area (Å²) in [5.41, 5.74) is 0.118. The van der Waals surface area contributed by atoms with Crippen LogP contribution in [0.1, 0.15) is 42.9 Å². The van der Waals surface area contributed by atoms with E-state index in [1.807, 2.05) is 19.0 Å². The van der Waals surface area contributed by atoms with Crippen LogP contribution in [0.3, 0.4) is 0 Å². The molecule has 1 aliphatic rings. The predicted molar refractivity (Wildman–Crippen MR) is 74.8 cm³/mol. The Labute approximate surface area is 122 Å². The summed E-state index contributed by atoms with van der Waals surface area (Å²) >= 11 is 0. The second-order valence-electron chi connectivity index (χ2n) is 5.85. The van der Waals surface area contributed by atoms with E-state index in [-0.39, 0.29) is 17.7 Å². The first-order chi connectivity index (χ1) is 9.80. The minimum absolute atomic E-state index is 0.120. The molecule has 0 spiro atoms. The SMILES string of the molecule is CN(C)C(c1ccc(C(F)(F)F)cc1)C1CCCCC1=O. The zero-order chi connectivity index (χ0) is 15.6. The summed E-state index contributed by atoms with van der Waals surface area (Å²) in [6, 6.07) is 5.03. The zero-order valence-corrected chi connectivity index (χ0v) is 12.3. The lowest BCUT2D eigenvalue weighted by Crippen LogP contribution is -2.34. The quantitative estimate of drug-likeness (QED) is 0.838. The number of benzene rings is 1. The fraction of sp³-hybridized carbons (Fsp3) is 0.562. The van der Waals surface area contributed by atoms with Gasteiger partial charge in [0.05, 0.1) is 5.56 Å². The Kier molecular flexibility index (Phi) is 4.71. The van der Waals surface area contributed by atoms with E-state index in [9.17, 15) is 18.0 Å². The van der Waals surface area contributed by atoms with Gasteiger partial charge in [-0.1, -0.05) is 18.6 Å². The van der Waals surface area contributed by atoms with Gasteiger partial charge in [0.25, 0.3) is 0 Å². The van der Waals surface area contributed by atoms with E-state index in [2.05, 4.69) is 0 Å². The number of hydrogen-bond acceptors (Lipinski definition) is 2. The van der Waals surface area contributed by atoms with Crippen molar-refractivity contribution < 1.29 is 18.0 Å². The maximum atomic E-state index is 12.6. The van der Waals surface area contributed by atoms with Crippen LogP contribution in [0.5, 0.6) is 0 Å². The third-order valence-electron chi connectivity index (χ3n) is 4.12. The van der Waals surface area contributed by atoms with Gasteiger partial charge in [0, 0.05) is 18.4 Å². The lowest BCUT2D eigenvalue weighted by atomic mass is 9.79. The lowest BCUT2D eigenvalue weighted by Gasteiger charge is -2.34. The summed E-state index contributed by atoms with van der Waals surface area (Å²) < 4.78 is 37.9. The highest BCUT2D eigenvalue weighted by Gasteiger charge is 2.34. The molecule has 0 N–H and O–H groups in total. The van der Waals surface area contributed by atoms with Crippen LogP contribution in [0.15, 0.2) is 24.3 Å². The smallest absolute Gasteiger partial charge is 0.302 e. The second kappa shape index (κ2) is 6.18. The second-order valence-corrected chi connectivity index (χ2v) is 5.85. The average Bonchev–Trinajstić information content (AvgIpc) is 2.40. The molecule has 0 aliphatic heterocycles. The lowest BCUT2D eigenvalue weighted by molar-refractivity contribution is -0.137. The normalized spacial score (nSPS) is 21.6. The molecular formula is C16H20F3NO. The molecule has 0 saturated heterocycles. The van der Waals surface area contributed by atoms with Crippen LogP contribution < -0.4 is 0 Å². The summed E-state index contributed by atoms with van der Waals surface area (Å²) in [7, 11) is 3.73. The van der Waals surface area contributed by atoms with Crippen molar-refractivity contribution in [3.8, 4) is 0 Å². The van der Waals surface area contributed by atoms with Gasteiger partial charge in [-0.2, -0.15) is 13.2 Å². The van der Waals surface area contributed by atoms with Crippen molar-refractivity contribution in [3.05, 3.63) is 35.4 Å². The minimum atomic E-state index is -4.33. The summed E-state index contributed by atoms with van der Waals surface area (Å²) in [6.45, 7) is 0. The molecule has 2 atom stereocenters. The van der Waals surface area contributed by atoms with Crippen molar-refractivity contribution in [1.82, 2.24) is 4.90 Å². The van der Waals surface area contributed by atoms with E-state index < -0.39 is 11.7 Å². The number of carbonyl (C=O) groups is 1. The Balaban J connectivity index is 2.28. The fourth-order valence-corrected chi connectivity index (χ4v) is 3.10. The highest BCUT2D eigenvalue weighted by Crippen LogP contribution is 2.36. The first kappa shape index (κ1) is 16.0. The van der Waals surface area contributed by atoms with E-state index in [0.717, 1.165) is 37.0 Å². The summed E-state index contributed by atoms with van der Waals surface area (Å²) in [6.07, 6.45) is -1.02. The molecule has 1 saturated carbocycles. The number of hydrogen-bond donors (Lipinski definition) is 0.